The van der Waals surface area contributed by atoms with E-state index >= 15 is 0 Å². The summed E-state index contributed by atoms with van der Waals surface area (Å²) in [5, 5.41) is 10.6. The molecular formula is C19H17N3O4. The van der Waals surface area contributed by atoms with Gasteiger partial charge in [0.1, 0.15) is 11.3 Å². The third-order valence-corrected chi connectivity index (χ3v) is 3.79. The molecule has 0 radical (unpaired) electrons. The summed E-state index contributed by atoms with van der Waals surface area (Å²) < 4.78 is 6.20. The third-order valence-electron chi connectivity index (χ3n) is 3.79. The Balaban J connectivity index is 2.16. The summed E-state index contributed by atoms with van der Waals surface area (Å²) >= 11 is 0. The standard InChI is InChI=1S/C19H17N3O4/c1-12-6-5-7-13(10-12)20-11-14-17(23)21-19(25)22(18(14)24)15-8-3-4-9-16(15)26-2/h3-11,24H,1-2H3,(H,21,23,25). The van der Waals surface area contributed by atoms with Crippen LogP contribution < -0.4 is 16.0 Å². The molecule has 0 aliphatic carbocycles. The van der Waals surface area contributed by atoms with E-state index in [4.69, 9.17) is 4.74 Å². The molecule has 3 aromatic rings. The molecule has 0 bridgehead atoms. The van der Waals surface area contributed by atoms with Crippen molar-refractivity contribution in [2.75, 3.05) is 7.11 Å². The first-order chi connectivity index (χ1) is 12.5. The lowest BCUT2D eigenvalue weighted by Crippen LogP contribution is -2.31. The van der Waals surface area contributed by atoms with Crippen LogP contribution in [0.1, 0.15) is 11.1 Å². The number of nitrogens with zero attached hydrogens (tertiary/aromatic N) is 2. The van der Waals surface area contributed by atoms with Crippen LogP contribution in [0.5, 0.6) is 11.6 Å². The van der Waals surface area contributed by atoms with Crippen LogP contribution >= 0.6 is 0 Å². The Bertz CT molecular complexity index is 1100. The van der Waals surface area contributed by atoms with E-state index in [9.17, 15) is 14.7 Å². The quantitative estimate of drug-likeness (QED) is 0.705. The van der Waals surface area contributed by atoms with Crippen LogP contribution in [0.15, 0.2) is 63.1 Å². The molecule has 0 saturated carbocycles. The number of nitrogens with one attached hydrogen (secondary N) is 1. The number of benzene rings is 2. The SMILES string of the molecule is COc1ccccc1-n1c(O)c(C=Nc2cccc(C)c2)c(=O)[nH]c1=O. The van der Waals surface area contributed by atoms with Gasteiger partial charge in [0.05, 0.1) is 18.5 Å². The molecule has 0 atom stereocenters. The predicted octanol–water partition coefficient (Wildman–Crippen LogP) is 2.30. The maximum atomic E-state index is 12.2. The highest BCUT2D eigenvalue weighted by Crippen LogP contribution is 2.25. The van der Waals surface area contributed by atoms with Crippen molar-refractivity contribution in [1.29, 1.82) is 0 Å². The third kappa shape index (κ3) is 3.27. The molecule has 0 saturated heterocycles. The molecule has 0 fully saturated rings. The molecule has 132 valence electrons. The molecule has 0 unspecified atom stereocenters. The largest absolute Gasteiger partial charge is 0.495 e. The van der Waals surface area contributed by atoms with Gasteiger partial charge in [0.2, 0.25) is 5.88 Å². The second kappa shape index (κ2) is 7.10. The summed E-state index contributed by atoms with van der Waals surface area (Å²) in [6.45, 7) is 1.92. The number of aromatic hydroxyl groups is 1. The molecule has 7 heteroatoms. The number of hydrogen-bond donors (Lipinski definition) is 2. The van der Waals surface area contributed by atoms with Crippen molar-refractivity contribution in [3.63, 3.8) is 0 Å². The maximum Gasteiger partial charge on any atom is 0.335 e. The Morgan fingerprint density at radius 1 is 1.15 bits per heavy atom. The molecular weight excluding hydrogens is 334 g/mol. The van der Waals surface area contributed by atoms with Gasteiger partial charge in [-0.2, -0.15) is 0 Å². The summed E-state index contributed by atoms with van der Waals surface area (Å²) in [6.07, 6.45) is 1.23. The summed E-state index contributed by atoms with van der Waals surface area (Å²) in [4.78, 5) is 30.8. The van der Waals surface area contributed by atoms with Crippen LogP contribution in [0.2, 0.25) is 0 Å². The second-order valence-corrected chi connectivity index (χ2v) is 5.60. The molecule has 0 aliphatic rings. The Morgan fingerprint density at radius 2 is 1.92 bits per heavy atom. The van der Waals surface area contributed by atoms with Crippen molar-refractivity contribution in [3.05, 3.63) is 80.5 Å². The summed E-state index contributed by atoms with van der Waals surface area (Å²) in [5.74, 6) is -0.141. The van der Waals surface area contributed by atoms with Gasteiger partial charge in [0.25, 0.3) is 5.56 Å². The highest BCUT2D eigenvalue weighted by atomic mass is 16.5. The first-order valence-corrected chi connectivity index (χ1v) is 7.83. The first kappa shape index (κ1) is 17.2. The minimum absolute atomic E-state index is 0.128. The summed E-state index contributed by atoms with van der Waals surface area (Å²) in [6, 6.07) is 14.0. The summed E-state index contributed by atoms with van der Waals surface area (Å²) in [7, 11) is 1.45. The lowest BCUT2D eigenvalue weighted by atomic mass is 10.2. The van der Waals surface area contributed by atoms with E-state index in [1.165, 1.54) is 13.3 Å². The molecule has 2 N–H and O–H groups in total. The lowest BCUT2D eigenvalue weighted by Gasteiger charge is -2.12. The number of aromatic amines is 1. The second-order valence-electron chi connectivity index (χ2n) is 5.60. The fourth-order valence-corrected chi connectivity index (χ4v) is 2.54. The van der Waals surface area contributed by atoms with E-state index in [-0.39, 0.29) is 5.56 Å². The lowest BCUT2D eigenvalue weighted by molar-refractivity contribution is 0.401. The highest BCUT2D eigenvalue weighted by Gasteiger charge is 2.16. The van der Waals surface area contributed by atoms with Gasteiger partial charge in [-0.1, -0.05) is 24.3 Å². The van der Waals surface area contributed by atoms with E-state index < -0.39 is 17.1 Å². The van der Waals surface area contributed by atoms with Crippen molar-refractivity contribution in [1.82, 2.24) is 9.55 Å². The topological polar surface area (TPSA) is 96.7 Å². The van der Waals surface area contributed by atoms with Crippen molar-refractivity contribution in [2.45, 2.75) is 6.92 Å². The van der Waals surface area contributed by atoms with Gasteiger partial charge >= 0.3 is 5.69 Å². The monoisotopic (exact) mass is 351 g/mol. The van der Waals surface area contributed by atoms with E-state index in [0.717, 1.165) is 10.1 Å². The molecule has 3 rings (SSSR count). The minimum Gasteiger partial charge on any atom is -0.495 e. The average Bonchev–Trinajstić information content (AvgIpc) is 2.61. The molecule has 26 heavy (non-hydrogen) atoms. The van der Waals surface area contributed by atoms with Crippen molar-refractivity contribution in [2.24, 2.45) is 4.99 Å². The van der Waals surface area contributed by atoms with Gasteiger partial charge in [0.15, 0.2) is 0 Å². The first-order valence-electron chi connectivity index (χ1n) is 7.83. The fourth-order valence-electron chi connectivity index (χ4n) is 2.54. The number of aromatic nitrogens is 2. The van der Waals surface area contributed by atoms with E-state index in [1.54, 1.807) is 30.3 Å². The van der Waals surface area contributed by atoms with E-state index in [2.05, 4.69) is 9.98 Å². The number of H-pyrrole nitrogens is 1. The Hall–Kier alpha value is -3.61. The zero-order chi connectivity index (χ0) is 18.7. The maximum absolute atomic E-state index is 12.2. The highest BCUT2D eigenvalue weighted by molar-refractivity contribution is 5.84. The number of para-hydroxylation sites is 2. The van der Waals surface area contributed by atoms with Crippen LogP contribution in [0.25, 0.3) is 5.69 Å². The molecule has 0 spiro atoms. The smallest absolute Gasteiger partial charge is 0.335 e. The average molecular weight is 351 g/mol. The van der Waals surface area contributed by atoms with Crippen LogP contribution in [0.3, 0.4) is 0 Å². The van der Waals surface area contributed by atoms with Crippen molar-refractivity contribution >= 4 is 11.9 Å². The van der Waals surface area contributed by atoms with E-state index in [0.29, 0.717) is 17.1 Å². The number of aryl methyl sites for hydroxylation is 1. The fraction of sp³-hybridized carbons (Fsp3) is 0.105. The zero-order valence-corrected chi connectivity index (χ0v) is 14.3. The van der Waals surface area contributed by atoms with E-state index in [1.807, 2.05) is 25.1 Å². The van der Waals surface area contributed by atoms with Crippen LogP contribution in [0, 0.1) is 6.92 Å². The molecule has 1 aromatic heterocycles. The normalized spacial score (nSPS) is 11.0. The predicted molar refractivity (Wildman–Crippen MR) is 99.3 cm³/mol. The number of methoxy groups -OCH3 is 1. The van der Waals surface area contributed by atoms with Crippen LogP contribution in [0.4, 0.5) is 5.69 Å². The van der Waals surface area contributed by atoms with Crippen LogP contribution in [-0.2, 0) is 0 Å². The van der Waals surface area contributed by atoms with Crippen molar-refractivity contribution < 1.29 is 9.84 Å². The Kier molecular flexibility index (Phi) is 4.70. The molecule has 1 heterocycles. The number of aliphatic imine (C=N–C) groups is 1. The zero-order valence-electron chi connectivity index (χ0n) is 14.3. The van der Waals surface area contributed by atoms with Crippen molar-refractivity contribution in [3.8, 4) is 17.3 Å². The minimum atomic E-state index is -0.773. The van der Waals surface area contributed by atoms with Crippen LogP contribution in [-0.4, -0.2) is 28.0 Å². The van der Waals surface area contributed by atoms with Gasteiger partial charge in [-0.15, -0.1) is 0 Å². The number of rotatable bonds is 4. The molecule has 0 aliphatic heterocycles. The van der Waals surface area contributed by atoms with Gasteiger partial charge in [-0.3, -0.25) is 14.8 Å². The van der Waals surface area contributed by atoms with Gasteiger partial charge < -0.3 is 9.84 Å². The molecule has 2 aromatic carbocycles. The number of ether oxygens (including phenoxy) is 1. The molecule has 7 nitrogen and oxygen atoms in total. The molecule has 0 amide bonds. The Morgan fingerprint density at radius 3 is 2.65 bits per heavy atom. The van der Waals surface area contributed by atoms with Gasteiger partial charge in [0, 0.05) is 6.21 Å². The van der Waals surface area contributed by atoms with Gasteiger partial charge in [-0.05, 0) is 36.8 Å². The number of hydrogen-bond acceptors (Lipinski definition) is 5. The van der Waals surface area contributed by atoms with Gasteiger partial charge in [-0.25, -0.2) is 9.36 Å². The summed E-state index contributed by atoms with van der Waals surface area (Å²) in [5.41, 5.74) is 0.311. The Labute approximate surface area is 148 Å².